The summed E-state index contributed by atoms with van der Waals surface area (Å²) in [6.07, 6.45) is 3.59. The van der Waals surface area contributed by atoms with E-state index in [4.69, 9.17) is 0 Å². The first kappa shape index (κ1) is 10.5. The van der Waals surface area contributed by atoms with E-state index in [1.807, 2.05) is 32.9 Å². The Bertz CT molecular complexity index is 438. The van der Waals surface area contributed by atoms with Crippen LogP contribution in [0.2, 0.25) is 0 Å². The van der Waals surface area contributed by atoms with E-state index in [2.05, 4.69) is 11.6 Å². The maximum absolute atomic E-state index is 11.6. The predicted molar refractivity (Wildman–Crippen MR) is 61.2 cm³/mol. The largest absolute Gasteiger partial charge is 0.326 e. The van der Waals surface area contributed by atoms with Crippen molar-refractivity contribution in [2.45, 2.75) is 20.8 Å². The van der Waals surface area contributed by atoms with Crippen LogP contribution in [0.3, 0.4) is 0 Å². The number of hydrogen-bond acceptors (Lipinski definition) is 1. The maximum atomic E-state index is 11.6. The second-order valence-corrected chi connectivity index (χ2v) is 3.28. The van der Waals surface area contributed by atoms with Gasteiger partial charge in [-0.15, -0.1) is 0 Å². The monoisotopic (exact) mass is 189 g/mol. The van der Waals surface area contributed by atoms with Crippen LogP contribution in [0.15, 0.2) is 23.5 Å². The number of H-pyrrole nitrogens is 1. The summed E-state index contributed by atoms with van der Waals surface area (Å²) in [5.74, 6) is 0. The van der Waals surface area contributed by atoms with Gasteiger partial charge in [0.15, 0.2) is 0 Å². The number of nitrogens with one attached hydrogen (secondary N) is 1. The molecular formula is C12H15NO. The van der Waals surface area contributed by atoms with Crippen molar-refractivity contribution in [3.63, 3.8) is 0 Å². The minimum absolute atomic E-state index is 0.0730. The number of pyridine rings is 1. The predicted octanol–water partition coefficient (Wildman–Crippen LogP) is 2.75. The molecule has 0 bridgehead atoms. The van der Waals surface area contributed by atoms with E-state index in [0.29, 0.717) is 5.56 Å². The van der Waals surface area contributed by atoms with Gasteiger partial charge in [0.05, 0.1) is 0 Å². The van der Waals surface area contributed by atoms with Crippen molar-refractivity contribution in [3.8, 4) is 0 Å². The summed E-state index contributed by atoms with van der Waals surface area (Å²) in [6, 6.07) is 1.97. The Kier molecular flexibility index (Phi) is 3.07. The van der Waals surface area contributed by atoms with E-state index in [1.165, 1.54) is 0 Å². The van der Waals surface area contributed by atoms with Gasteiger partial charge in [-0.3, -0.25) is 4.79 Å². The van der Waals surface area contributed by atoms with Crippen LogP contribution in [0.5, 0.6) is 0 Å². The molecule has 2 nitrogen and oxygen atoms in total. The second-order valence-electron chi connectivity index (χ2n) is 3.28. The molecule has 1 aromatic rings. The number of aromatic amines is 1. The Labute approximate surface area is 84.0 Å². The summed E-state index contributed by atoms with van der Waals surface area (Å²) < 4.78 is 0. The normalized spacial score (nSPS) is 11.5. The number of aromatic nitrogens is 1. The Morgan fingerprint density at radius 2 is 2.21 bits per heavy atom. The zero-order valence-electron chi connectivity index (χ0n) is 8.85. The highest BCUT2D eigenvalue weighted by atomic mass is 16.1. The molecule has 0 radical (unpaired) electrons. The van der Waals surface area contributed by atoms with Crippen molar-refractivity contribution in [1.29, 1.82) is 0 Å². The molecule has 0 aliphatic carbocycles. The van der Waals surface area contributed by atoms with Crippen molar-refractivity contribution >= 4 is 11.6 Å². The van der Waals surface area contributed by atoms with Gasteiger partial charge in [-0.25, -0.2) is 0 Å². The van der Waals surface area contributed by atoms with Gasteiger partial charge in [-0.2, -0.15) is 0 Å². The molecule has 1 N–H and O–H groups in total. The summed E-state index contributed by atoms with van der Waals surface area (Å²) in [5.41, 5.74) is 3.50. The van der Waals surface area contributed by atoms with Crippen molar-refractivity contribution in [2.24, 2.45) is 0 Å². The van der Waals surface area contributed by atoms with Crippen LogP contribution in [-0.4, -0.2) is 4.98 Å². The summed E-state index contributed by atoms with van der Waals surface area (Å²) in [4.78, 5) is 14.3. The van der Waals surface area contributed by atoms with E-state index in [9.17, 15) is 4.79 Å². The summed E-state index contributed by atoms with van der Waals surface area (Å²) in [7, 11) is 0. The highest BCUT2D eigenvalue weighted by Gasteiger charge is 2.05. The van der Waals surface area contributed by atoms with Gasteiger partial charge in [-0.1, -0.05) is 18.7 Å². The van der Waals surface area contributed by atoms with Crippen LogP contribution in [0, 0.1) is 6.92 Å². The molecule has 0 amide bonds. The summed E-state index contributed by atoms with van der Waals surface area (Å²) in [5, 5.41) is 0. The van der Waals surface area contributed by atoms with Crippen LogP contribution >= 0.6 is 0 Å². The molecule has 0 saturated heterocycles. The molecule has 74 valence electrons. The SMILES string of the molecule is C=Cc1c(/C(C)=C\C)cc(C)[nH]c1=O. The zero-order chi connectivity index (χ0) is 10.7. The Morgan fingerprint density at radius 3 is 2.71 bits per heavy atom. The fourth-order valence-electron chi connectivity index (χ4n) is 1.38. The lowest BCUT2D eigenvalue weighted by atomic mass is 10.0. The third-order valence-corrected chi connectivity index (χ3v) is 2.27. The zero-order valence-corrected chi connectivity index (χ0v) is 8.85. The Balaban J connectivity index is 3.55. The highest BCUT2D eigenvalue weighted by Crippen LogP contribution is 2.17. The molecule has 1 aromatic heterocycles. The average Bonchev–Trinajstić information content (AvgIpc) is 2.15. The molecule has 0 fully saturated rings. The molecule has 0 saturated carbocycles. The van der Waals surface area contributed by atoms with Gasteiger partial charge >= 0.3 is 0 Å². The number of allylic oxidation sites excluding steroid dienone is 2. The van der Waals surface area contributed by atoms with Gasteiger partial charge in [0.25, 0.3) is 5.56 Å². The smallest absolute Gasteiger partial charge is 0.255 e. The second kappa shape index (κ2) is 4.09. The fourth-order valence-corrected chi connectivity index (χ4v) is 1.38. The summed E-state index contributed by atoms with van der Waals surface area (Å²) in [6.45, 7) is 9.47. The molecule has 1 rings (SSSR count). The van der Waals surface area contributed by atoms with Crippen LogP contribution in [0.4, 0.5) is 0 Å². The Hall–Kier alpha value is -1.57. The van der Waals surface area contributed by atoms with Gasteiger partial charge in [0.2, 0.25) is 0 Å². The molecule has 0 aliphatic rings. The average molecular weight is 189 g/mol. The third kappa shape index (κ3) is 1.84. The molecule has 2 heteroatoms. The van der Waals surface area contributed by atoms with Crippen molar-refractivity contribution in [2.75, 3.05) is 0 Å². The Morgan fingerprint density at radius 1 is 1.57 bits per heavy atom. The van der Waals surface area contributed by atoms with E-state index in [1.54, 1.807) is 6.08 Å². The highest BCUT2D eigenvalue weighted by molar-refractivity contribution is 5.72. The van der Waals surface area contributed by atoms with Crippen molar-refractivity contribution in [1.82, 2.24) is 4.98 Å². The van der Waals surface area contributed by atoms with Crippen molar-refractivity contribution in [3.05, 3.63) is 45.9 Å². The van der Waals surface area contributed by atoms with Crippen molar-refractivity contribution < 1.29 is 0 Å². The molecular weight excluding hydrogens is 174 g/mol. The molecule has 0 aromatic carbocycles. The van der Waals surface area contributed by atoms with E-state index >= 15 is 0 Å². The third-order valence-electron chi connectivity index (χ3n) is 2.27. The van der Waals surface area contributed by atoms with E-state index < -0.39 is 0 Å². The van der Waals surface area contributed by atoms with Gasteiger partial charge in [0.1, 0.15) is 0 Å². The fraction of sp³-hybridized carbons (Fsp3) is 0.250. The standard InChI is InChI=1S/C12H15NO/c1-5-8(3)11-7-9(4)13-12(14)10(11)6-2/h5-7H,2H2,1,3-4H3,(H,13,14)/b8-5-. The van der Waals surface area contributed by atoms with Gasteiger partial charge in [0, 0.05) is 11.3 Å². The lowest BCUT2D eigenvalue weighted by molar-refractivity contribution is 1.13. The van der Waals surface area contributed by atoms with E-state index in [0.717, 1.165) is 16.8 Å². The molecule has 14 heavy (non-hydrogen) atoms. The molecule has 0 aliphatic heterocycles. The van der Waals surface area contributed by atoms with Gasteiger partial charge in [-0.05, 0) is 38.0 Å². The van der Waals surface area contributed by atoms with Crippen LogP contribution in [0.1, 0.15) is 30.7 Å². The number of rotatable bonds is 2. The number of aryl methyl sites for hydroxylation is 1. The van der Waals surface area contributed by atoms with Gasteiger partial charge < -0.3 is 4.98 Å². The molecule has 0 unspecified atom stereocenters. The topological polar surface area (TPSA) is 32.9 Å². The first-order valence-electron chi connectivity index (χ1n) is 4.59. The molecule has 1 heterocycles. The molecule has 0 spiro atoms. The lowest BCUT2D eigenvalue weighted by Crippen LogP contribution is -2.12. The first-order chi connectivity index (χ1) is 6.60. The lowest BCUT2D eigenvalue weighted by Gasteiger charge is -2.06. The summed E-state index contributed by atoms with van der Waals surface area (Å²) >= 11 is 0. The van der Waals surface area contributed by atoms with Crippen LogP contribution < -0.4 is 5.56 Å². The van der Waals surface area contributed by atoms with E-state index in [-0.39, 0.29) is 5.56 Å². The first-order valence-corrected chi connectivity index (χ1v) is 4.59. The number of hydrogen-bond donors (Lipinski definition) is 1. The van der Waals surface area contributed by atoms with Crippen LogP contribution in [0.25, 0.3) is 11.6 Å². The minimum Gasteiger partial charge on any atom is -0.326 e. The molecule has 0 atom stereocenters. The van der Waals surface area contributed by atoms with Crippen LogP contribution in [-0.2, 0) is 0 Å². The quantitative estimate of drug-likeness (QED) is 0.762. The maximum Gasteiger partial charge on any atom is 0.255 e. The minimum atomic E-state index is -0.0730.